The molecule has 0 fully saturated rings. The predicted octanol–water partition coefficient (Wildman–Crippen LogP) is 2.45. The van der Waals surface area contributed by atoms with E-state index in [1.807, 2.05) is 0 Å². The molecule has 0 amide bonds. The third kappa shape index (κ3) is 3.95. The van der Waals surface area contributed by atoms with Gasteiger partial charge in [-0.3, -0.25) is 4.79 Å². The molecule has 25 heavy (non-hydrogen) atoms. The van der Waals surface area contributed by atoms with Crippen molar-refractivity contribution in [3.05, 3.63) is 23.3 Å². The molecule has 0 bridgehead atoms. The lowest BCUT2D eigenvalue weighted by Crippen LogP contribution is -2.43. The zero-order valence-electron chi connectivity index (χ0n) is 15.2. The number of nitrogens with zero attached hydrogens (tertiary/aromatic N) is 1. The Bertz CT molecular complexity index is 639. The first-order valence-electron chi connectivity index (χ1n) is 8.90. The van der Waals surface area contributed by atoms with Crippen molar-refractivity contribution in [2.24, 2.45) is 0 Å². The maximum Gasteiger partial charge on any atom is 0.372 e. The van der Waals surface area contributed by atoms with Gasteiger partial charge in [-0.05, 0) is 56.5 Å². The highest BCUT2D eigenvalue weighted by Gasteiger charge is 2.39. The Labute approximate surface area is 149 Å². The normalized spacial score (nSPS) is 19.5. The number of hydrogen-bond donors (Lipinski definition) is 2. The number of hydrogen-bond acceptors (Lipinski definition) is 5. The van der Waals surface area contributed by atoms with E-state index in [1.54, 1.807) is 19.2 Å². The number of ether oxygens (including phenoxy) is 1. The van der Waals surface area contributed by atoms with Crippen LogP contribution in [-0.4, -0.2) is 48.0 Å². The van der Waals surface area contributed by atoms with Crippen LogP contribution in [0.4, 0.5) is 5.69 Å². The second kappa shape index (κ2) is 8.34. The minimum atomic E-state index is -1.41. The second-order valence-electron chi connectivity index (χ2n) is 6.60. The van der Waals surface area contributed by atoms with Gasteiger partial charge in [0.2, 0.25) is 5.78 Å². The first kappa shape index (κ1) is 19.2. The SMILES string of the molecule is CCCN(CCC)C1Cc2c(OC)ccc(N)c2C(C(=O)C(=O)O)C1. The summed E-state index contributed by atoms with van der Waals surface area (Å²) in [6, 6.07) is 3.59. The Kier molecular flexibility index (Phi) is 6.42. The summed E-state index contributed by atoms with van der Waals surface area (Å²) >= 11 is 0. The fourth-order valence-electron chi connectivity index (χ4n) is 3.90. The lowest BCUT2D eigenvalue weighted by molar-refractivity contribution is -0.150. The van der Waals surface area contributed by atoms with Crippen LogP contribution in [0.25, 0.3) is 0 Å². The maximum absolute atomic E-state index is 12.4. The summed E-state index contributed by atoms with van der Waals surface area (Å²) in [7, 11) is 1.58. The molecule has 1 aliphatic carbocycles. The Hall–Kier alpha value is -2.08. The Morgan fingerprint density at radius 1 is 1.28 bits per heavy atom. The molecule has 0 saturated heterocycles. The maximum atomic E-state index is 12.4. The summed E-state index contributed by atoms with van der Waals surface area (Å²) < 4.78 is 5.47. The molecule has 2 atom stereocenters. The summed E-state index contributed by atoms with van der Waals surface area (Å²) in [6.45, 7) is 6.09. The molecule has 0 aromatic heterocycles. The number of methoxy groups -OCH3 is 1. The number of nitrogens with two attached hydrogens (primary N) is 1. The van der Waals surface area contributed by atoms with Gasteiger partial charge in [0.1, 0.15) is 5.75 Å². The van der Waals surface area contributed by atoms with Gasteiger partial charge in [0, 0.05) is 17.3 Å². The Balaban J connectivity index is 2.51. The molecule has 3 N–H and O–H groups in total. The first-order valence-corrected chi connectivity index (χ1v) is 8.90. The van der Waals surface area contributed by atoms with Gasteiger partial charge in [0.25, 0.3) is 0 Å². The molecule has 2 rings (SSSR count). The summed E-state index contributed by atoms with van der Waals surface area (Å²) in [4.78, 5) is 26.1. The first-order chi connectivity index (χ1) is 11.9. The van der Waals surface area contributed by atoms with Crippen LogP contribution in [0.1, 0.15) is 50.2 Å². The third-order valence-corrected chi connectivity index (χ3v) is 4.93. The molecular weight excluding hydrogens is 320 g/mol. The van der Waals surface area contributed by atoms with Crippen molar-refractivity contribution in [2.75, 3.05) is 25.9 Å². The zero-order chi connectivity index (χ0) is 18.6. The Morgan fingerprint density at radius 2 is 1.92 bits per heavy atom. The molecule has 138 valence electrons. The fourth-order valence-corrected chi connectivity index (χ4v) is 3.90. The van der Waals surface area contributed by atoms with Crippen LogP contribution in [0, 0.1) is 0 Å². The summed E-state index contributed by atoms with van der Waals surface area (Å²) in [6.07, 6.45) is 3.21. The van der Waals surface area contributed by atoms with Crippen molar-refractivity contribution in [3.63, 3.8) is 0 Å². The molecule has 1 aliphatic rings. The molecule has 1 aromatic carbocycles. The van der Waals surface area contributed by atoms with Gasteiger partial charge < -0.3 is 20.5 Å². The van der Waals surface area contributed by atoms with Gasteiger partial charge in [-0.15, -0.1) is 0 Å². The summed E-state index contributed by atoms with van der Waals surface area (Å²) in [5, 5.41) is 9.27. The molecule has 0 spiro atoms. The van der Waals surface area contributed by atoms with Crippen LogP contribution in [0.15, 0.2) is 12.1 Å². The van der Waals surface area contributed by atoms with Crippen molar-refractivity contribution in [1.82, 2.24) is 4.90 Å². The van der Waals surface area contributed by atoms with Gasteiger partial charge in [0.05, 0.1) is 13.0 Å². The molecule has 0 saturated carbocycles. The standard InChI is InChI=1S/C19H28N2O4/c1-4-8-21(9-5-2)12-10-13-16(25-3)7-6-15(20)17(13)14(11-12)18(22)19(23)24/h6-7,12,14H,4-5,8-11,20H2,1-3H3,(H,23,24). The number of fused-ring (bicyclic) bond motifs is 1. The number of carboxylic acids is 1. The fraction of sp³-hybridized carbons (Fsp3) is 0.579. The molecule has 0 heterocycles. The average Bonchev–Trinajstić information content (AvgIpc) is 2.60. The number of carbonyl (C=O) groups is 2. The molecule has 0 aliphatic heterocycles. The highest BCUT2D eigenvalue weighted by atomic mass is 16.5. The number of rotatable bonds is 8. The second-order valence-corrected chi connectivity index (χ2v) is 6.60. The van der Waals surface area contributed by atoms with Crippen LogP contribution >= 0.6 is 0 Å². The zero-order valence-corrected chi connectivity index (χ0v) is 15.2. The topological polar surface area (TPSA) is 92.9 Å². The number of carboxylic acid groups (broad SMARTS) is 1. The van der Waals surface area contributed by atoms with Crippen LogP contribution in [-0.2, 0) is 16.0 Å². The number of carbonyl (C=O) groups excluding carboxylic acids is 1. The van der Waals surface area contributed by atoms with Crippen LogP contribution < -0.4 is 10.5 Å². The molecule has 1 aromatic rings. The van der Waals surface area contributed by atoms with Gasteiger partial charge in [-0.2, -0.15) is 0 Å². The molecule has 6 heteroatoms. The lowest BCUT2D eigenvalue weighted by Gasteiger charge is -2.38. The van der Waals surface area contributed by atoms with E-state index in [-0.39, 0.29) is 6.04 Å². The quantitative estimate of drug-likeness (QED) is 0.554. The predicted molar refractivity (Wildman–Crippen MR) is 97.1 cm³/mol. The van der Waals surface area contributed by atoms with Crippen molar-refractivity contribution in [2.45, 2.75) is 51.5 Å². The Morgan fingerprint density at radius 3 is 2.44 bits per heavy atom. The van der Waals surface area contributed by atoms with Gasteiger partial charge in [0.15, 0.2) is 0 Å². The largest absolute Gasteiger partial charge is 0.496 e. The lowest BCUT2D eigenvalue weighted by atomic mass is 9.76. The van der Waals surface area contributed by atoms with Crippen molar-refractivity contribution in [1.29, 1.82) is 0 Å². The number of Topliss-reactive ketones (excluding diaryl/α,β-unsaturated/α-hetero) is 1. The van der Waals surface area contributed by atoms with Gasteiger partial charge in [-0.25, -0.2) is 4.79 Å². The van der Waals surface area contributed by atoms with E-state index < -0.39 is 17.7 Å². The minimum Gasteiger partial charge on any atom is -0.496 e. The van der Waals surface area contributed by atoms with E-state index in [0.717, 1.165) is 31.5 Å². The average molecular weight is 348 g/mol. The summed E-state index contributed by atoms with van der Waals surface area (Å²) in [5.74, 6) is -2.25. The van der Waals surface area contributed by atoms with E-state index in [9.17, 15) is 14.7 Å². The van der Waals surface area contributed by atoms with Gasteiger partial charge >= 0.3 is 5.97 Å². The molecule has 6 nitrogen and oxygen atoms in total. The highest BCUT2D eigenvalue weighted by Crippen LogP contribution is 2.42. The van der Waals surface area contributed by atoms with E-state index in [2.05, 4.69) is 18.7 Å². The van der Waals surface area contributed by atoms with Crippen molar-refractivity contribution < 1.29 is 19.4 Å². The van der Waals surface area contributed by atoms with E-state index in [4.69, 9.17) is 10.5 Å². The highest BCUT2D eigenvalue weighted by molar-refractivity contribution is 6.35. The number of ketones is 1. The molecule has 0 radical (unpaired) electrons. The molecule has 2 unspecified atom stereocenters. The van der Waals surface area contributed by atoms with Gasteiger partial charge in [-0.1, -0.05) is 13.8 Å². The summed E-state index contributed by atoms with van der Waals surface area (Å²) in [5.41, 5.74) is 8.09. The third-order valence-electron chi connectivity index (χ3n) is 4.93. The van der Waals surface area contributed by atoms with E-state index in [0.29, 0.717) is 29.8 Å². The number of benzene rings is 1. The van der Waals surface area contributed by atoms with Crippen molar-refractivity contribution >= 4 is 17.4 Å². The number of anilines is 1. The minimum absolute atomic E-state index is 0.108. The number of nitrogen functional groups attached to an aromatic ring is 1. The van der Waals surface area contributed by atoms with Crippen LogP contribution in [0.3, 0.4) is 0 Å². The monoisotopic (exact) mass is 348 g/mol. The van der Waals surface area contributed by atoms with Crippen molar-refractivity contribution in [3.8, 4) is 5.75 Å². The van der Waals surface area contributed by atoms with E-state index in [1.165, 1.54) is 0 Å². The number of aliphatic carboxylic acids is 1. The van der Waals surface area contributed by atoms with Crippen LogP contribution in [0.2, 0.25) is 0 Å². The van der Waals surface area contributed by atoms with E-state index >= 15 is 0 Å². The van der Waals surface area contributed by atoms with Crippen LogP contribution in [0.5, 0.6) is 5.75 Å². The smallest absolute Gasteiger partial charge is 0.372 e. The molecular formula is C19H28N2O4.